The second-order valence-electron chi connectivity index (χ2n) is 4.00. The highest BCUT2D eigenvalue weighted by Gasteiger charge is 2.04. The Hall–Kier alpha value is -1.42. The van der Waals surface area contributed by atoms with Crippen LogP contribution in [0.5, 0.6) is 0 Å². The zero-order chi connectivity index (χ0) is 12.3. The first kappa shape index (κ1) is 12.0. The van der Waals surface area contributed by atoms with Gasteiger partial charge in [-0.25, -0.2) is 4.98 Å². The van der Waals surface area contributed by atoms with E-state index in [4.69, 9.17) is 5.73 Å². The lowest BCUT2D eigenvalue weighted by molar-refractivity contribution is 0.734. The molecular formula is C13H17N3S. The molecule has 1 heterocycles. The fourth-order valence-corrected chi connectivity index (χ4v) is 2.64. The molecule has 0 amide bonds. The van der Waals surface area contributed by atoms with Crippen molar-refractivity contribution in [1.29, 1.82) is 0 Å². The van der Waals surface area contributed by atoms with Gasteiger partial charge < -0.3 is 10.3 Å². The van der Waals surface area contributed by atoms with Crippen molar-refractivity contribution in [3.05, 3.63) is 42.0 Å². The van der Waals surface area contributed by atoms with Crippen LogP contribution in [-0.2, 0) is 12.3 Å². The number of aromatic nitrogens is 2. The summed E-state index contributed by atoms with van der Waals surface area (Å²) < 4.78 is 2.15. The highest BCUT2D eigenvalue weighted by molar-refractivity contribution is 7.98. The van der Waals surface area contributed by atoms with Crippen LogP contribution < -0.4 is 5.73 Å². The minimum atomic E-state index is 0.859. The van der Waals surface area contributed by atoms with Gasteiger partial charge in [-0.3, -0.25) is 0 Å². The Bertz CT molecular complexity index is 505. The van der Waals surface area contributed by atoms with Crippen LogP contribution in [0.2, 0.25) is 0 Å². The summed E-state index contributed by atoms with van der Waals surface area (Å²) in [7, 11) is 0. The van der Waals surface area contributed by atoms with Crippen molar-refractivity contribution in [2.24, 2.45) is 0 Å². The maximum atomic E-state index is 5.99. The summed E-state index contributed by atoms with van der Waals surface area (Å²) in [6.45, 7) is 5.13. The van der Waals surface area contributed by atoms with E-state index >= 15 is 0 Å². The molecule has 2 rings (SSSR count). The number of aryl methyl sites for hydroxylation is 2. The normalized spacial score (nSPS) is 10.7. The first-order valence-corrected chi connectivity index (χ1v) is 6.67. The van der Waals surface area contributed by atoms with Gasteiger partial charge >= 0.3 is 0 Å². The van der Waals surface area contributed by atoms with E-state index in [1.807, 2.05) is 18.6 Å². The number of thioether (sulfide) groups is 1. The smallest absolute Gasteiger partial charge is 0.0948 e. The van der Waals surface area contributed by atoms with Crippen LogP contribution in [0.3, 0.4) is 0 Å². The van der Waals surface area contributed by atoms with Gasteiger partial charge in [-0.15, -0.1) is 11.8 Å². The Morgan fingerprint density at radius 1 is 1.41 bits per heavy atom. The number of hydrogen-bond acceptors (Lipinski definition) is 3. The average Bonchev–Trinajstić information content (AvgIpc) is 2.75. The van der Waals surface area contributed by atoms with Gasteiger partial charge in [-0.1, -0.05) is 6.07 Å². The standard InChI is InChI=1S/C13H17N3S/c1-3-16-9-15-7-11(16)8-17-13-5-4-10(2)6-12(13)14/h4-7,9H,3,8,14H2,1-2H3. The number of nitrogen functional groups attached to an aromatic ring is 1. The summed E-state index contributed by atoms with van der Waals surface area (Å²) in [5.74, 6) is 0.904. The van der Waals surface area contributed by atoms with Crippen LogP contribution in [0.4, 0.5) is 5.69 Å². The molecule has 4 heteroatoms. The van der Waals surface area contributed by atoms with E-state index in [0.29, 0.717) is 0 Å². The average molecular weight is 247 g/mol. The molecule has 2 aromatic rings. The van der Waals surface area contributed by atoms with Gasteiger partial charge in [0.05, 0.1) is 6.33 Å². The Morgan fingerprint density at radius 3 is 2.94 bits per heavy atom. The summed E-state index contributed by atoms with van der Waals surface area (Å²) in [6, 6.07) is 6.19. The number of nitrogens with zero attached hydrogens (tertiary/aromatic N) is 2. The van der Waals surface area contributed by atoms with Gasteiger partial charge in [0.25, 0.3) is 0 Å². The highest BCUT2D eigenvalue weighted by atomic mass is 32.2. The number of rotatable bonds is 4. The van der Waals surface area contributed by atoms with Crippen LogP contribution in [-0.4, -0.2) is 9.55 Å². The Balaban J connectivity index is 2.07. The second kappa shape index (κ2) is 5.27. The Labute approximate surface area is 106 Å². The van der Waals surface area contributed by atoms with Crippen LogP contribution in [0.1, 0.15) is 18.2 Å². The summed E-state index contributed by atoms with van der Waals surface area (Å²) >= 11 is 1.76. The fraction of sp³-hybridized carbons (Fsp3) is 0.308. The molecule has 3 nitrogen and oxygen atoms in total. The van der Waals surface area contributed by atoms with Crippen molar-refractivity contribution in [2.45, 2.75) is 31.0 Å². The Kier molecular flexibility index (Phi) is 3.74. The van der Waals surface area contributed by atoms with E-state index in [2.05, 4.69) is 35.5 Å². The van der Waals surface area contributed by atoms with Crippen LogP contribution in [0.15, 0.2) is 35.6 Å². The van der Waals surface area contributed by atoms with E-state index < -0.39 is 0 Å². The number of nitrogens with two attached hydrogens (primary N) is 1. The lowest BCUT2D eigenvalue weighted by Crippen LogP contribution is -1.97. The number of anilines is 1. The van der Waals surface area contributed by atoms with Crippen LogP contribution >= 0.6 is 11.8 Å². The largest absolute Gasteiger partial charge is 0.398 e. The molecular weight excluding hydrogens is 230 g/mol. The van der Waals surface area contributed by atoms with Gasteiger partial charge in [0.15, 0.2) is 0 Å². The molecule has 0 atom stereocenters. The molecule has 0 saturated heterocycles. The Morgan fingerprint density at radius 2 is 2.24 bits per heavy atom. The maximum Gasteiger partial charge on any atom is 0.0948 e. The topological polar surface area (TPSA) is 43.8 Å². The molecule has 0 fully saturated rings. The van der Waals surface area contributed by atoms with Crippen LogP contribution in [0, 0.1) is 6.92 Å². The number of benzene rings is 1. The van der Waals surface area contributed by atoms with Crippen LogP contribution in [0.25, 0.3) is 0 Å². The molecule has 1 aromatic carbocycles. The molecule has 0 aliphatic carbocycles. The molecule has 0 radical (unpaired) electrons. The van der Waals surface area contributed by atoms with E-state index in [0.717, 1.165) is 22.9 Å². The van der Waals surface area contributed by atoms with Gasteiger partial charge in [-0.2, -0.15) is 0 Å². The van der Waals surface area contributed by atoms with Crippen molar-refractivity contribution in [3.8, 4) is 0 Å². The quantitative estimate of drug-likeness (QED) is 0.667. The predicted molar refractivity (Wildman–Crippen MR) is 73.1 cm³/mol. The van der Waals surface area contributed by atoms with Crippen molar-refractivity contribution in [2.75, 3.05) is 5.73 Å². The molecule has 0 unspecified atom stereocenters. The highest BCUT2D eigenvalue weighted by Crippen LogP contribution is 2.28. The van der Waals surface area contributed by atoms with Crippen molar-refractivity contribution in [1.82, 2.24) is 9.55 Å². The lowest BCUT2D eigenvalue weighted by Gasteiger charge is -2.07. The van der Waals surface area contributed by atoms with Gasteiger partial charge in [0, 0.05) is 34.8 Å². The SMILES string of the molecule is CCn1cncc1CSc1ccc(C)cc1N. The monoisotopic (exact) mass is 247 g/mol. The van der Waals surface area contributed by atoms with Crippen molar-refractivity contribution < 1.29 is 0 Å². The third kappa shape index (κ3) is 2.82. The molecule has 2 N–H and O–H groups in total. The second-order valence-corrected chi connectivity index (χ2v) is 5.02. The summed E-state index contributed by atoms with van der Waals surface area (Å²) in [5, 5.41) is 0. The molecule has 1 aromatic heterocycles. The fourth-order valence-electron chi connectivity index (χ4n) is 1.70. The molecule has 90 valence electrons. The first-order valence-electron chi connectivity index (χ1n) is 5.68. The zero-order valence-electron chi connectivity index (χ0n) is 10.2. The summed E-state index contributed by atoms with van der Waals surface area (Å²) in [5.41, 5.74) is 9.28. The van der Waals surface area contributed by atoms with Gasteiger partial charge in [0.1, 0.15) is 0 Å². The third-order valence-corrected chi connectivity index (χ3v) is 3.80. The first-order chi connectivity index (χ1) is 8.20. The predicted octanol–water partition coefficient (Wildman–Crippen LogP) is 3.09. The van der Waals surface area contributed by atoms with E-state index in [1.54, 1.807) is 11.8 Å². The van der Waals surface area contributed by atoms with E-state index in [9.17, 15) is 0 Å². The number of imidazole rings is 1. The minimum absolute atomic E-state index is 0.859. The molecule has 0 bridgehead atoms. The van der Waals surface area contributed by atoms with E-state index in [-0.39, 0.29) is 0 Å². The molecule has 0 aliphatic heterocycles. The van der Waals surface area contributed by atoms with Crippen molar-refractivity contribution in [3.63, 3.8) is 0 Å². The summed E-state index contributed by atoms with van der Waals surface area (Å²) in [4.78, 5) is 5.30. The molecule has 0 saturated carbocycles. The zero-order valence-corrected chi connectivity index (χ0v) is 11.0. The van der Waals surface area contributed by atoms with Crippen molar-refractivity contribution >= 4 is 17.4 Å². The molecule has 0 spiro atoms. The number of hydrogen-bond donors (Lipinski definition) is 1. The van der Waals surface area contributed by atoms with Gasteiger partial charge in [0.2, 0.25) is 0 Å². The van der Waals surface area contributed by atoms with Gasteiger partial charge in [-0.05, 0) is 31.5 Å². The maximum absolute atomic E-state index is 5.99. The molecule has 17 heavy (non-hydrogen) atoms. The molecule has 0 aliphatic rings. The minimum Gasteiger partial charge on any atom is -0.398 e. The summed E-state index contributed by atoms with van der Waals surface area (Å²) in [6.07, 6.45) is 3.79. The third-order valence-electron chi connectivity index (χ3n) is 2.68. The van der Waals surface area contributed by atoms with E-state index in [1.165, 1.54) is 11.3 Å². The lowest BCUT2D eigenvalue weighted by atomic mass is 10.2.